The summed E-state index contributed by atoms with van der Waals surface area (Å²) in [5.41, 5.74) is 0.427. The van der Waals surface area contributed by atoms with Gasteiger partial charge < -0.3 is 10.1 Å². The van der Waals surface area contributed by atoms with E-state index in [1.165, 1.54) is 4.68 Å². The van der Waals surface area contributed by atoms with E-state index in [1.807, 2.05) is 0 Å². The number of rotatable bonds is 6. The van der Waals surface area contributed by atoms with Gasteiger partial charge in [0.2, 0.25) is 5.91 Å². The first-order valence-electron chi connectivity index (χ1n) is 7.48. The van der Waals surface area contributed by atoms with Gasteiger partial charge in [-0.2, -0.15) is 5.10 Å². The second kappa shape index (κ2) is 6.62. The van der Waals surface area contributed by atoms with E-state index in [9.17, 15) is 13.6 Å². The third-order valence-electron chi connectivity index (χ3n) is 3.97. The summed E-state index contributed by atoms with van der Waals surface area (Å²) in [6, 6.07) is 0. The molecule has 3 rings (SSSR count). The molecule has 1 amide bonds. The third kappa shape index (κ3) is 3.48. The van der Waals surface area contributed by atoms with Crippen molar-refractivity contribution >= 4 is 21.8 Å². The van der Waals surface area contributed by atoms with Gasteiger partial charge in [-0.25, -0.2) is 8.78 Å². The van der Waals surface area contributed by atoms with Crippen molar-refractivity contribution in [3.8, 4) is 0 Å². The number of aromatic nitrogens is 2. The first-order valence-corrected chi connectivity index (χ1v) is 8.28. The highest BCUT2D eigenvalue weighted by molar-refractivity contribution is 9.10. The Bertz CT molecular complexity index is 555. The lowest BCUT2D eigenvalue weighted by Gasteiger charge is -2.12. The van der Waals surface area contributed by atoms with E-state index >= 15 is 0 Å². The Balaban J connectivity index is 1.65. The first-order chi connectivity index (χ1) is 10.6. The molecule has 1 N–H and O–H groups in total. The van der Waals surface area contributed by atoms with Crippen LogP contribution >= 0.6 is 15.9 Å². The maximum absolute atomic E-state index is 13.0. The minimum absolute atomic E-state index is 0.0378. The van der Waals surface area contributed by atoms with Gasteiger partial charge in [0.15, 0.2) is 0 Å². The molecule has 1 saturated heterocycles. The van der Waals surface area contributed by atoms with Gasteiger partial charge in [-0.15, -0.1) is 0 Å². The Morgan fingerprint density at radius 2 is 2.23 bits per heavy atom. The van der Waals surface area contributed by atoms with Crippen molar-refractivity contribution in [2.45, 2.75) is 50.7 Å². The Kier molecular flexibility index (Phi) is 4.77. The molecule has 8 heteroatoms. The van der Waals surface area contributed by atoms with Gasteiger partial charge >= 0.3 is 0 Å². The summed E-state index contributed by atoms with van der Waals surface area (Å²) in [6.45, 7) is 1.15. The predicted molar refractivity (Wildman–Crippen MR) is 78.8 cm³/mol. The second-order valence-electron chi connectivity index (χ2n) is 5.76. The highest BCUT2D eigenvalue weighted by Gasteiger charge is 2.34. The molecule has 1 aromatic rings. The van der Waals surface area contributed by atoms with E-state index in [0.29, 0.717) is 16.7 Å². The van der Waals surface area contributed by atoms with Crippen molar-refractivity contribution in [1.29, 1.82) is 0 Å². The van der Waals surface area contributed by atoms with Gasteiger partial charge in [-0.05, 0) is 41.6 Å². The number of halogens is 3. The van der Waals surface area contributed by atoms with Crippen LogP contribution in [0.15, 0.2) is 4.47 Å². The monoisotopic (exact) mass is 377 g/mol. The Hall–Kier alpha value is -1.02. The number of hydrogen-bond donors (Lipinski definition) is 1. The summed E-state index contributed by atoms with van der Waals surface area (Å²) >= 11 is 3.21. The van der Waals surface area contributed by atoms with Crippen molar-refractivity contribution in [2.75, 3.05) is 13.2 Å². The largest absolute Gasteiger partial charge is 0.376 e. The van der Waals surface area contributed by atoms with E-state index < -0.39 is 6.43 Å². The fraction of sp³-hybridized carbons (Fsp3) is 0.714. The molecular formula is C14H18BrF2N3O2. The van der Waals surface area contributed by atoms with E-state index in [4.69, 9.17) is 4.74 Å². The third-order valence-corrected chi connectivity index (χ3v) is 4.78. The number of amides is 1. The normalized spacial score (nSPS) is 21.5. The van der Waals surface area contributed by atoms with Crippen LogP contribution in [-0.2, 0) is 16.1 Å². The minimum Gasteiger partial charge on any atom is -0.376 e. The maximum Gasteiger partial charge on any atom is 0.283 e. The van der Waals surface area contributed by atoms with Crippen LogP contribution in [0.2, 0.25) is 0 Å². The smallest absolute Gasteiger partial charge is 0.283 e. The lowest BCUT2D eigenvalue weighted by atomic mass is 10.2. The van der Waals surface area contributed by atoms with E-state index in [1.54, 1.807) is 0 Å². The maximum atomic E-state index is 13.0. The van der Waals surface area contributed by atoms with Gasteiger partial charge in [0.1, 0.15) is 12.2 Å². The number of nitrogens with zero attached hydrogens (tertiary/aromatic N) is 2. The average molecular weight is 378 g/mol. The summed E-state index contributed by atoms with van der Waals surface area (Å²) < 4.78 is 33.1. The second-order valence-corrected chi connectivity index (χ2v) is 6.55. The van der Waals surface area contributed by atoms with Gasteiger partial charge in [-0.3, -0.25) is 9.48 Å². The van der Waals surface area contributed by atoms with Gasteiger partial charge in [0.05, 0.1) is 16.3 Å². The number of ether oxygens (including phenoxy) is 1. The zero-order valence-electron chi connectivity index (χ0n) is 12.0. The van der Waals surface area contributed by atoms with Crippen molar-refractivity contribution in [3.63, 3.8) is 0 Å². The minimum atomic E-state index is -2.65. The quantitative estimate of drug-likeness (QED) is 0.828. The van der Waals surface area contributed by atoms with Crippen LogP contribution in [0.25, 0.3) is 0 Å². The van der Waals surface area contributed by atoms with E-state index in [2.05, 4.69) is 26.3 Å². The van der Waals surface area contributed by atoms with Crippen LogP contribution in [0, 0.1) is 0 Å². The molecule has 1 aliphatic carbocycles. The molecule has 122 valence electrons. The molecule has 0 spiro atoms. The Morgan fingerprint density at radius 3 is 2.82 bits per heavy atom. The number of alkyl halides is 2. The molecule has 1 aromatic heterocycles. The average Bonchev–Trinajstić information content (AvgIpc) is 3.05. The summed E-state index contributed by atoms with van der Waals surface area (Å²) in [6.07, 6.45) is 1.26. The number of nitrogens with one attached hydrogen (secondary N) is 1. The summed E-state index contributed by atoms with van der Waals surface area (Å²) in [4.78, 5) is 12.0. The van der Waals surface area contributed by atoms with E-state index in [-0.39, 0.29) is 30.2 Å². The Labute approximate surface area is 135 Å². The summed E-state index contributed by atoms with van der Waals surface area (Å²) in [7, 11) is 0. The van der Waals surface area contributed by atoms with E-state index in [0.717, 1.165) is 32.3 Å². The van der Waals surface area contributed by atoms with Crippen LogP contribution in [0.3, 0.4) is 0 Å². The molecule has 0 aromatic carbocycles. The van der Waals surface area contributed by atoms with Gasteiger partial charge in [-0.1, -0.05) is 0 Å². The van der Waals surface area contributed by atoms with Crippen LogP contribution in [-0.4, -0.2) is 34.9 Å². The molecule has 22 heavy (non-hydrogen) atoms. The molecule has 5 nitrogen and oxygen atoms in total. The van der Waals surface area contributed by atoms with Crippen LogP contribution < -0.4 is 5.32 Å². The zero-order valence-corrected chi connectivity index (χ0v) is 13.6. The zero-order chi connectivity index (χ0) is 15.7. The lowest BCUT2D eigenvalue weighted by molar-refractivity contribution is -0.122. The number of carbonyl (C=O) groups is 1. The number of hydrogen-bond acceptors (Lipinski definition) is 3. The molecular weight excluding hydrogens is 360 g/mol. The van der Waals surface area contributed by atoms with Crippen LogP contribution in [0.5, 0.6) is 0 Å². The Morgan fingerprint density at radius 1 is 1.45 bits per heavy atom. The fourth-order valence-corrected chi connectivity index (χ4v) is 3.48. The molecule has 0 bridgehead atoms. The van der Waals surface area contributed by atoms with Crippen molar-refractivity contribution in [1.82, 2.24) is 15.1 Å². The van der Waals surface area contributed by atoms with Crippen molar-refractivity contribution in [2.24, 2.45) is 0 Å². The molecule has 2 aliphatic rings. The first kappa shape index (κ1) is 15.9. The molecule has 2 heterocycles. The number of carbonyl (C=O) groups excluding carboxylic acids is 1. The molecule has 1 saturated carbocycles. The fourth-order valence-electron chi connectivity index (χ4n) is 2.70. The molecule has 2 fully saturated rings. The predicted octanol–water partition coefficient (Wildman–Crippen LogP) is 2.76. The standard InChI is InChI=1S/C14H18BrF2N3O2/c15-11-12(14(16)17)19-20(13(11)8-3-4-8)7-10(21)18-6-9-2-1-5-22-9/h8-9,14H,1-7H2,(H,18,21). The summed E-state index contributed by atoms with van der Waals surface area (Å²) in [5, 5.41) is 6.71. The van der Waals surface area contributed by atoms with Gasteiger partial charge in [0.25, 0.3) is 6.43 Å². The molecule has 1 atom stereocenters. The summed E-state index contributed by atoms with van der Waals surface area (Å²) in [5.74, 6) is -0.00597. The molecule has 0 radical (unpaired) electrons. The van der Waals surface area contributed by atoms with Crippen LogP contribution in [0.4, 0.5) is 8.78 Å². The topological polar surface area (TPSA) is 56.2 Å². The van der Waals surface area contributed by atoms with Crippen molar-refractivity contribution < 1.29 is 18.3 Å². The molecule has 1 unspecified atom stereocenters. The highest BCUT2D eigenvalue weighted by atomic mass is 79.9. The SMILES string of the molecule is O=C(Cn1nc(C(F)F)c(Br)c1C1CC1)NCC1CCCO1. The molecule has 1 aliphatic heterocycles. The van der Waals surface area contributed by atoms with Gasteiger partial charge in [0, 0.05) is 19.1 Å². The lowest BCUT2D eigenvalue weighted by Crippen LogP contribution is -2.34. The highest BCUT2D eigenvalue weighted by Crippen LogP contribution is 2.45. The van der Waals surface area contributed by atoms with Crippen LogP contribution in [0.1, 0.15) is 49.4 Å². The van der Waals surface area contributed by atoms with Crippen molar-refractivity contribution in [3.05, 3.63) is 15.9 Å².